The van der Waals surface area contributed by atoms with Gasteiger partial charge in [-0.25, -0.2) is 0 Å². The van der Waals surface area contributed by atoms with Crippen molar-refractivity contribution in [2.45, 2.75) is 25.8 Å². The third kappa shape index (κ3) is 4.30. The number of nitro groups is 1. The van der Waals surface area contributed by atoms with Crippen molar-refractivity contribution < 1.29 is 14.5 Å². The van der Waals surface area contributed by atoms with Crippen LogP contribution in [0.25, 0.3) is 0 Å². The number of carbonyl (C=O) groups excluding carboxylic acids is 1. The molecule has 0 saturated carbocycles. The zero-order valence-electron chi connectivity index (χ0n) is 6.57. The number of rotatable bonds is 4. The molecule has 1 unspecified atom stereocenters. The minimum absolute atomic E-state index is 0.110. The third-order valence-corrected chi connectivity index (χ3v) is 1.35. The maximum Gasteiger partial charge on any atom is 0.305 e. The van der Waals surface area contributed by atoms with E-state index in [1.165, 1.54) is 14.0 Å². The Hall–Kier alpha value is -1.13. The average Bonchev–Trinajstić information content (AvgIpc) is 1.99. The lowest BCUT2D eigenvalue weighted by molar-refractivity contribution is -0.518. The Morgan fingerprint density at radius 1 is 1.73 bits per heavy atom. The first-order valence-corrected chi connectivity index (χ1v) is 3.28. The van der Waals surface area contributed by atoms with Gasteiger partial charge in [0.25, 0.3) is 0 Å². The first kappa shape index (κ1) is 9.87. The highest BCUT2D eigenvalue weighted by Gasteiger charge is 2.14. The summed E-state index contributed by atoms with van der Waals surface area (Å²) in [4.78, 5) is 20.1. The number of nitrogens with zero attached hydrogens (tertiary/aromatic N) is 1. The van der Waals surface area contributed by atoms with Crippen molar-refractivity contribution in [1.82, 2.24) is 0 Å². The van der Waals surface area contributed by atoms with Crippen molar-refractivity contribution >= 4 is 5.97 Å². The number of hydrogen-bond acceptors (Lipinski definition) is 4. The molecule has 0 aliphatic rings. The minimum Gasteiger partial charge on any atom is -0.469 e. The van der Waals surface area contributed by atoms with Gasteiger partial charge in [-0.1, -0.05) is 0 Å². The summed E-state index contributed by atoms with van der Waals surface area (Å²) in [7, 11) is 1.26. The fourth-order valence-corrected chi connectivity index (χ4v) is 0.534. The normalized spacial score (nSPS) is 12.2. The first-order valence-electron chi connectivity index (χ1n) is 3.28. The van der Waals surface area contributed by atoms with E-state index >= 15 is 0 Å². The van der Waals surface area contributed by atoms with E-state index in [1.807, 2.05) is 0 Å². The highest BCUT2D eigenvalue weighted by Crippen LogP contribution is 2.00. The average molecular weight is 161 g/mol. The summed E-state index contributed by atoms with van der Waals surface area (Å²) in [6, 6.07) is -0.672. The molecule has 11 heavy (non-hydrogen) atoms. The van der Waals surface area contributed by atoms with Crippen LogP contribution in [-0.4, -0.2) is 24.0 Å². The van der Waals surface area contributed by atoms with Gasteiger partial charge in [0.05, 0.1) is 13.5 Å². The topological polar surface area (TPSA) is 69.4 Å². The van der Waals surface area contributed by atoms with Crippen LogP contribution in [0.2, 0.25) is 0 Å². The van der Waals surface area contributed by atoms with Crippen molar-refractivity contribution in [1.29, 1.82) is 0 Å². The molecule has 0 fully saturated rings. The van der Waals surface area contributed by atoms with Gasteiger partial charge in [0.2, 0.25) is 6.04 Å². The molecule has 0 aliphatic heterocycles. The lowest BCUT2D eigenvalue weighted by Gasteiger charge is -2.01. The maximum atomic E-state index is 10.5. The van der Waals surface area contributed by atoms with Crippen molar-refractivity contribution in [2.24, 2.45) is 0 Å². The lowest BCUT2D eigenvalue weighted by Crippen LogP contribution is -2.16. The summed E-state index contributed by atoms with van der Waals surface area (Å²) in [5.41, 5.74) is 0. The minimum atomic E-state index is -0.672. The van der Waals surface area contributed by atoms with Crippen LogP contribution in [0.5, 0.6) is 0 Å². The molecular formula is C6H11NO4. The predicted molar refractivity (Wildman–Crippen MR) is 37.7 cm³/mol. The number of esters is 1. The maximum absolute atomic E-state index is 10.5. The van der Waals surface area contributed by atoms with Gasteiger partial charge in [-0.2, -0.15) is 0 Å². The van der Waals surface area contributed by atoms with Crippen molar-refractivity contribution in [3.8, 4) is 0 Å². The highest BCUT2D eigenvalue weighted by molar-refractivity contribution is 5.69. The molecule has 5 heteroatoms. The molecule has 0 radical (unpaired) electrons. The third-order valence-electron chi connectivity index (χ3n) is 1.35. The Morgan fingerprint density at radius 3 is 2.64 bits per heavy atom. The van der Waals surface area contributed by atoms with Crippen molar-refractivity contribution in [3.05, 3.63) is 10.1 Å². The second-order valence-corrected chi connectivity index (χ2v) is 2.25. The molecule has 1 atom stereocenters. The SMILES string of the molecule is COC(=O)CCC(C)[N+](=O)[O-]. The van der Waals surface area contributed by atoms with E-state index in [9.17, 15) is 14.9 Å². The summed E-state index contributed by atoms with van der Waals surface area (Å²) >= 11 is 0. The van der Waals surface area contributed by atoms with E-state index in [1.54, 1.807) is 0 Å². The van der Waals surface area contributed by atoms with Gasteiger partial charge in [-0.05, 0) is 0 Å². The zero-order valence-corrected chi connectivity index (χ0v) is 6.57. The summed E-state index contributed by atoms with van der Waals surface area (Å²) < 4.78 is 4.32. The van der Waals surface area contributed by atoms with Crippen LogP contribution in [0.15, 0.2) is 0 Å². The van der Waals surface area contributed by atoms with E-state index in [4.69, 9.17) is 0 Å². The van der Waals surface area contributed by atoms with Crippen LogP contribution in [0, 0.1) is 10.1 Å². The fourth-order valence-electron chi connectivity index (χ4n) is 0.534. The number of hydrogen-bond donors (Lipinski definition) is 0. The van der Waals surface area contributed by atoms with Gasteiger partial charge in [-0.3, -0.25) is 14.9 Å². The molecule has 5 nitrogen and oxygen atoms in total. The van der Waals surface area contributed by atoms with Crippen molar-refractivity contribution in [2.75, 3.05) is 7.11 Å². The van der Waals surface area contributed by atoms with Gasteiger partial charge in [-0.15, -0.1) is 0 Å². The fraction of sp³-hybridized carbons (Fsp3) is 0.833. The van der Waals surface area contributed by atoms with E-state index < -0.39 is 16.9 Å². The molecule has 0 heterocycles. The summed E-state index contributed by atoms with van der Waals surface area (Å²) in [6.45, 7) is 1.46. The van der Waals surface area contributed by atoms with Gasteiger partial charge in [0.15, 0.2) is 0 Å². The molecular weight excluding hydrogens is 150 g/mol. The van der Waals surface area contributed by atoms with E-state index in [2.05, 4.69) is 4.74 Å². The molecule has 0 rings (SSSR count). The molecule has 64 valence electrons. The lowest BCUT2D eigenvalue weighted by atomic mass is 10.2. The molecule has 0 aromatic heterocycles. The van der Waals surface area contributed by atoms with Gasteiger partial charge in [0.1, 0.15) is 0 Å². The second-order valence-electron chi connectivity index (χ2n) is 2.25. The van der Waals surface area contributed by atoms with Crippen LogP contribution in [0.4, 0.5) is 0 Å². The number of ether oxygens (including phenoxy) is 1. The molecule has 0 aliphatic carbocycles. The number of methoxy groups -OCH3 is 1. The smallest absolute Gasteiger partial charge is 0.305 e. The zero-order chi connectivity index (χ0) is 8.85. The standard InChI is InChI=1S/C6H11NO4/c1-5(7(9)10)3-4-6(8)11-2/h5H,3-4H2,1-2H3. The monoisotopic (exact) mass is 161 g/mol. The molecule has 0 spiro atoms. The van der Waals surface area contributed by atoms with Crippen LogP contribution in [-0.2, 0) is 9.53 Å². The number of carbonyl (C=O) groups is 1. The Kier molecular flexibility index (Phi) is 4.17. The molecule has 0 bridgehead atoms. The Bertz CT molecular complexity index is 157. The van der Waals surface area contributed by atoms with Crippen LogP contribution in [0.1, 0.15) is 19.8 Å². The van der Waals surface area contributed by atoms with Crippen molar-refractivity contribution in [3.63, 3.8) is 0 Å². The van der Waals surface area contributed by atoms with Crippen LogP contribution >= 0.6 is 0 Å². The van der Waals surface area contributed by atoms with E-state index in [-0.39, 0.29) is 12.8 Å². The Morgan fingerprint density at radius 2 is 2.27 bits per heavy atom. The molecule has 0 aromatic rings. The highest BCUT2D eigenvalue weighted by atomic mass is 16.6. The van der Waals surface area contributed by atoms with E-state index in [0.29, 0.717) is 0 Å². The first-order chi connectivity index (χ1) is 5.07. The summed E-state index contributed by atoms with van der Waals surface area (Å²) in [6.07, 6.45) is 0.346. The quantitative estimate of drug-likeness (QED) is 0.344. The molecule has 0 N–H and O–H groups in total. The Balaban J connectivity index is 3.54. The predicted octanol–water partition coefficient (Wildman–Crippen LogP) is 0.605. The largest absolute Gasteiger partial charge is 0.469 e. The van der Waals surface area contributed by atoms with Crippen LogP contribution < -0.4 is 0 Å². The molecule has 0 aromatic carbocycles. The van der Waals surface area contributed by atoms with Gasteiger partial charge < -0.3 is 4.74 Å². The van der Waals surface area contributed by atoms with Gasteiger partial charge >= 0.3 is 5.97 Å². The summed E-state index contributed by atoms with van der Waals surface area (Å²) in [5, 5.41) is 10.1. The van der Waals surface area contributed by atoms with E-state index in [0.717, 1.165) is 0 Å². The molecule has 0 saturated heterocycles. The van der Waals surface area contributed by atoms with Crippen LogP contribution in [0.3, 0.4) is 0 Å². The second kappa shape index (κ2) is 4.65. The Labute approximate surface area is 64.5 Å². The van der Waals surface area contributed by atoms with Gasteiger partial charge in [0, 0.05) is 18.3 Å². The molecule has 0 amide bonds. The summed E-state index contributed by atoms with van der Waals surface area (Å²) in [5.74, 6) is -0.404.